The SMILES string of the molecule is O=CN1CCCC(O)(C(F)(F)F)CC1. The lowest BCUT2D eigenvalue weighted by Crippen LogP contribution is -2.45. The minimum atomic E-state index is -4.61. The lowest BCUT2D eigenvalue weighted by Gasteiger charge is -2.28. The summed E-state index contributed by atoms with van der Waals surface area (Å²) in [4.78, 5) is 11.6. The van der Waals surface area contributed by atoms with Crippen molar-refractivity contribution in [1.29, 1.82) is 0 Å². The summed E-state index contributed by atoms with van der Waals surface area (Å²) in [5.74, 6) is 0. The molecule has 0 aromatic rings. The number of halogens is 3. The van der Waals surface area contributed by atoms with Crippen molar-refractivity contribution in [3.05, 3.63) is 0 Å². The summed E-state index contributed by atoms with van der Waals surface area (Å²) in [6.07, 6.45) is -4.68. The Morgan fingerprint density at radius 3 is 2.43 bits per heavy atom. The molecule has 1 saturated heterocycles. The van der Waals surface area contributed by atoms with E-state index in [4.69, 9.17) is 0 Å². The second kappa shape index (κ2) is 3.76. The van der Waals surface area contributed by atoms with Crippen LogP contribution < -0.4 is 0 Å². The number of aliphatic hydroxyl groups is 1. The molecular formula is C8H12F3NO2. The normalized spacial score (nSPS) is 29.9. The number of amides is 1. The molecule has 1 fully saturated rings. The van der Waals surface area contributed by atoms with Gasteiger partial charge in [-0.1, -0.05) is 0 Å². The quantitative estimate of drug-likeness (QED) is 0.655. The van der Waals surface area contributed by atoms with Crippen molar-refractivity contribution in [1.82, 2.24) is 4.90 Å². The van der Waals surface area contributed by atoms with E-state index in [0.29, 0.717) is 6.41 Å². The van der Waals surface area contributed by atoms with Gasteiger partial charge in [-0.15, -0.1) is 0 Å². The lowest BCUT2D eigenvalue weighted by atomic mass is 9.94. The van der Waals surface area contributed by atoms with Crippen molar-refractivity contribution in [2.24, 2.45) is 0 Å². The molecule has 0 radical (unpaired) electrons. The van der Waals surface area contributed by atoms with Gasteiger partial charge in [0.25, 0.3) is 0 Å². The smallest absolute Gasteiger partial charge is 0.380 e. The first-order valence-electron chi connectivity index (χ1n) is 4.37. The van der Waals surface area contributed by atoms with Crippen LogP contribution in [0.3, 0.4) is 0 Å². The van der Waals surface area contributed by atoms with E-state index < -0.39 is 18.2 Å². The van der Waals surface area contributed by atoms with Gasteiger partial charge in [0.2, 0.25) is 6.41 Å². The Kier molecular flexibility index (Phi) is 3.04. The van der Waals surface area contributed by atoms with Crippen molar-refractivity contribution in [3.8, 4) is 0 Å². The summed E-state index contributed by atoms with van der Waals surface area (Å²) in [6, 6.07) is 0. The molecule has 1 rings (SSSR count). The third-order valence-electron chi connectivity index (χ3n) is 2.53. The summed E-state index contributed by atoms with van der Waals surface area (Å²) >= 11 is 0. The van der Waals surface area contributed by atoms with Gasteiger partial charge in [0.05, 0.1) is 0 Å². The van der Waals surface area contributed by atoms with Crippen molar-refractivity contribution in [2.75, 3.05) is 13.1 Å². The van der Waals surface area contributed by atoms with Gasteiger partial charge in [-0.25, -0.2) is 0 Å². The zero-order valence-electron chi connectivity index (χ0n) is 7.55. The Balaban J connectivity index is 2.69. The molecule has 0 aromatic carbocycles. The Hall–Kier alpha value is -0.780. The highest BCUT2D eigenvalue weighted by atomic mass is 19.4. The van der Waals surface area contributed by atoms with E-state index in [2.05, 4.69) is 0 Å². The van der Waals surface area contributed by atoms with Crippen LogP contribution in [-0.2, 0) is 4.79 Å². The van der Waals surface area contributed by atoms with E-state index in [1.165, 1.54) is 4.90 Å². The van der Waals surface area contributed by atoms with Gasteiger partial charge < -0.3 is 10.0 Å². The number of rotatable bonds is 1. The standard InChI is InChI=1S/C8H12F3NO2/c9-8(10,11)7(14)2-1-4-12(6-13)5-3-7/h6,14H,1-5H2. The maximum absolute atomic E-state index is 12.4. The van der Waals surface area contributed by atoms with E-state index in [0.717, 1.165) is 0 Å². The van der Waals surface area contributed by atoms with Crippen molar-refractivity contribution in [2.45, 2.75) is 31.0 Å². The predicted octanol–water partition coefficient (Wildman–Crippen LogP) is 0.922. The van der Waals surface area contributed by atoms with Crippen LogP contribution in [0.25, 0.3) is 0 Å². The van der Waals surface area contributed by atoms with Crippen LogP contribution in [0.15, 0.2) is 0 Å². The molecule has 0 saturated carbocycles. The second-order valence-corrected chi connectivity index (χ2v) is 3.52. The van der Waals surface area contributed by atoms with Gasteiger partial charge in [0.15, 0.2) is 5.60 Å². The van der Waals surface area contributed by atoms with Crippen molar-refractivity contribution >= 4 is 6.41 Å². The predicted molar refractivity (Wildman–Crippen MR) is 42.5 cm³/mol. The number of nitrogens with zero attached hydrogens (tertiary/aromatic N) is 1. The molecule has 1 aliphatic heterocycles. The first kappa shape index (κ1) is 11.3. The van der Waals surface area contributed by atoms with Gasteiger partial charge in [-0.3, -0.25) is 4.79 Å². The molecule has 0 bridgehead atoms. The van der Waals surface area contributed by atoms with Crippen molar-refractivity contribution in [3.63, 3.8) is 0 Å². The second-order valence-electron chi connectivity index (χ2n) is 3.52. The third-order valence-corrected chi connectivity index (χ3v) is 2.53. The zero-order chi connectivity index (χ0) is 10.8. The van der Waals surface area contributed by atoms with Crippen molar-refractivity contribution < 1.29 is 23.1 Å². The highest BCUT2D eigenvalue weighted by molar-refractivity contribution is 5.46. The molecule has 1 heterocycles. The Morgan fingerprint density at radius 2 is 1.93 bits per heavy atom. The van der Waals surface area contributed by atoms with E-state index >= 15 is 0 Å². The highest BCUT2D eigenvalue weighted by Gasteiger charge is 2.53. The fraction of sp³-hybridized carbons (Fsp3) is 0.875. The Labute approximate surface area is 79.5 Å². The molecule has 0 spiro atoms. The molecule has 0 aliphatic carbocycles. The van der Waals surface area contributed by atoms with E-state index in [1.54, 1.807) is 0 Å². The number of hydrogen-bond donors (Lipinski definition) is 1. The molecule has 1 aliphatic rings. The Morgan fingerprint density at radius 1 is 1.29 bits per heavy atom. The topological polar surface area (TPSA) is 40.5 Å². The van der Waals surface area contributed by atoms with Crippen LogP contribution in [0.2, 0.25) is 0 Å². The molecule has 3 nitrogen and oxygen atoms in total. The van der Waals surface area contributed by atoms with Gasteiger partial charge in [0, 0.05) is 19.5 Å². The van der Waals surface area contributed by atoms with Gasteiger partial charge in [-0.2, -0.15) is 13.2 Å². The molecule has 14 heavy (non-hydrogen) atoms. The number of alkyl halides is 3. The van der Waals surface area contributed by atoms with Crippen LogP contribution in [0, 0.1) is 0 Å². The first-order chi connectivity index (χ1) is 6.39. The van der Waals surface area contributed by atoms with Crippen LogP contribution in [-0.4, -0.2) is 41.3 Å². The molecule has 82 valence electrons. The van der Waals surface area contributed by atoms with E-state index in [-0.39, 0.29) is 25.9 Å². The van der Waals surface area contributed by atoms with E-state index in [1.807, 2.05) is 0 Å². The summed E-state index contributed by atoms with van der Waals surface area (Å²) in [5.41, 5.74) is -2.62. The number of likely N-dealkylation sites (tertiary alicyclic amines) is 1. The number of carbonyl (C=O) groups excluding carboxylic acids is 1. The monoisotopic (exact) mass is 211 g/mol. The molecule has 1 unspecified atom stereocenters. The van der Waals surface area contributed by atoms with Gasteiger partial charge in [-0.05, 0) is 12.8 Å². The summed E-state index contributed by atoms with van der Waals surface area (Å²) in [5, 5.41) is 9.33. The molecule has 1 amide bonds. The average Bonchev–Trinajstić information content (AvgIpc) is 2.27. The fourth-order valence-electron chi connectivity index (χ4n) is 1.53. The zero-order valence-corrected chi connectivity index (χ0v) is 7.55. The minimum Gasteiger partial charge on any atom is -0.380 e. The largest absolute Gasteiger partial charge is 0.417 e. The molecule has 6 heteroatoms. The molecule has 1 N–H and O–H groups in total. The maximum Gasteiger partial charge on any atom is 0.417 e. The molecule has 1 atom stereocenters. The fourth-order valence-corrected chi connectivity index (χ4v) is 1.53. The van der Waals surface area contributed by atoms with Crippen LogP contribution in [0.4, 0.5) is 13.2 Å². The summed E-state index contributed by atoms with van der Waals surface area (Å²) < 4.78 is 37.1. The average molecular weight is 211 g/mol. The van der Waals surface area contributed by atoms with Crippen LogP contribution in [0.5, 0.6) is 0 Å². The number of carbonyl (C=O) groups is 1. The Bertz CT molecular complexity index is 219. The van der Waals surface area contributed by atoms with Gasteiger partial charge in [0.1, 0.15) is 0 Å². The van der Waals surface area contributed by atoms with E-state index in [9.17, 15) is 23.1 Å². The first-order valence-corrected chi connectivity index (χ1v) is 4.37. The minimum absolute atomic E-state index is 0.0422. The van der Waals surface area contributed by atoms with Gasteiger partial charge >= 0.3 is 6.18 Å². The van der Waals surface area contributed by atoms with Crippen LogP contribution >= 0.6 is 0 Å². The van der Waals surface area contributed by atoms with Crippen LogP contribution in [0.1, 0.15) is 19.3 Å². The highest BCUT2D eigenvalue weighted by Crippen LogP contribution is 2.37. The molecule has 0 aromatic heterocycles. The lowest BCUT2D eigenvalue weighted by molar-refractivity contribution is -0.263. The summed E-state index contributed by atoms with van der Waals surface area (Å²) in [6.45, 7) is 0.237. The third kappa shape index (κ3) is 2.17. The number of hydrogen-bond acceptors (Lipinski definition) is 2. The molecular weight excluding hydrogens is 199 g/mol. The summed E-state index contributed by atoms with van der Waals surface area (Å²) in [7, 11) is 0. The maximum atomic E-state index is 12.4.